The van der Waals surface area contributed by atoms with E-state index in [-0.39, 0.29) is 6.04 Å². The molecule has 0 spiro atoms. The maximum Gasteiger partial charge on any atom is 0.130 e. The number of hydrogen-bond acceptors (Lipinski definition) is 2. The Kier molecular flexibility index (Phi) is 5.05. The second kappa shape index (κ2) is 6.78. The largest absolute Gasteiger partial charge is 0.457 e. The summed E-state index contributed by atoms with van der Waals surface area (Å²) in [7, 11) is 0. The van der Waals surface area contributed by atoms with Crippen molar-refractivity contribution in [3.05, 3.63) is 58.6 Å². The van der Waals surface area contributed by atoms with E-state index in [9.17, 15) is 0 Å². The molecule has 2 aromatic rings. The van der Waals surface area contributed by atoms with E-state index >= 15 is 0 Å². The van der Waals surface area contributed by atoms with Crippen molar-refractivity contribution in [3.8, 4) is 11.5 Å². The molecular formula is C17H20ClNO. The standard InChI is InChI=1S/C17H20ClNO/c1-3-15(19)9-13-8-7-12(2)17(10-13)20-16-6-4-5-14(18)11-16/h4-8,10-11,15H,3,9,19H2,1-2H3. The van der Waals surface area contributed by atoms with Crippen LogP contribution in [-0.4, -0.2) is 6.04 Å². The van der Waals surface area contributed by atoms with Crippen molar-refractivity contribution in [1.82, 2.24) is 0 Å². The molecule has 0 aliphatic carbocycles. The van der Waals surface area contributed by atoms with Crippen LogP contribution in [0.2, 0.25) is 5.02 Å². The lowest BCUT2D eigenvalue weighted by molar-refractivity contribution is 0.477. The van der Waals surface area contributed by atoms with Crippen molar-refractivity contribution < 1.29 is 4.74 Å². The molecule has 0 radical (unpaired) electrons. The van der Waals surface area contributed by atoms with Gasteiger partial charge in [0.1, 0.15) is 11.5 Å². The molecule has 20 heavy (non-hydrogen) atoms. The van der Waals surface area contributed by atoms with Crippen LogP contribution < -0.4 is 10.5 Å². The van der Waals surface area contributed by atoms with E-state index in [4.69, 9.17) is 22.1 Å². The third kappa shape index (κ3) is 3.99. The minimum absolute atomic E-state index is 0.191. The Morgan fingerprint density at radius 2 is 2.00 bits per heavy atom. The van der Waals surface area contributed by atoms with Gasteiger partial charge < -0.3 is 10.5 Å². The lowest BCUT2D eigenvalue weighted by Crippen LogP contribution is -2.21. The molecule has 0 saturated heterocycles. The van der Waals surface area contributed by atoms with Crippen LogP contribution in [0.5, 0.6) is 11.5 Å². The lowest BCUT2D eigenvalue weighted by atomic mass is 10.0. The number of aryl methyl sites for hydroxylation is 1. The fraction of sp³-hybridized carbons (Fsp3) is 0.294. The maximum atomic E-state index is 6.01. The van der Waals surface area contributed by atoms with E-state index in [0.717, 1.165) is 29.9 Å². The summed E-state index contributed by atoms with van der Waals surface area (Å²) in [5.74, 6) is 1.60. The summed E-state index contributed by atoms with van der Waals surface area (Å²) in [5, 5.41) is 0.671. The van der Waals surface area contributed by atoms with Gasteiger partial charge in [0.15, 0.2) is 0 Å². The molecule has 0 fully saturated rings. The molecule has 2 aromatic carbocycles. The highest BCUT2D eigenvalue weighted by molar-refractivity contribution is 6.30. The van der Waals surface area contributed by atoms with Gasteiger partial charge in [0.25, 0.3) is 0 Å². The molecule has 1 atom stereocenters. The Labute approximate surface area is 125 Å². The average molecular weight is 290 g/mol. The van der Waals surface area contributed by atoms with E-state index in [1.54, 1.807) is 0 Å². The summed E-state index contributed by atoms with van der Waals surface area (Å²) < 4.78 is 5.92. The number of nitrogens with two attached hydrogens (primary N) is 1. The highest BCUT2D eigenvalue weighted by Crippen LogP contribution is 2.28. The topological polar surface area (TPSA) is 35.2 Å². The van der Waals surface area contributed by atoms with Crippen LogP contribution in [-0.2, 0) is 6.42 Å². The van der Waals surface area contributed by atoms with E-state index in [2.05, 4.69) is 25.1 Å². The monoisotopic (exact) mass is 289 g/mol. The van der Waals surface area contributed by atoms with E-state index in [1.165, 1.54) is 5.56 Å². The van der Waals surface area contributed by atoms with Crippen molar-refractivity contribution in [1.29, 1.82) is 0 Å². The maximum absolute atomic E-state index is 6.01. The van der Waals surface area contributed by atoms with Gasteiger partial charge >= 0.3 is 0 Å². The van der Waals surface area contributed by atoms with E-state index in [0.29, 0.717) is 5.02 Å². The zero-order chi connectivity index (χ0) is 14.5. The molecule has 3 heteroatoms. The summed E-state index contributed by atoms with van der Waals surface area (Å²) in [6.45, 7) is 4.13. The Morgan fingerprint density at radius 1 is 1.20 bits per heavy atom. The highest BCUT2D eigenvalue weighted by Gasteiger charge is 2.06. The van der Waals surface area contributed by atoms with E-state index in [1.807, 2.05) is 31.2 Å². The first kappa shape index (κ1) is 14.9. The minimum Gasteiger partial charge on any atom is -0.457 e. The SMILES string of the molecule is CCC(N)Cc1ccc(C)c(Oc2cccc(Cl)c2)c1. The summed E-state index contributed by atoms with van der Waals surface area (Å²) in [5.41, 5.74) is 8.30. The second-order valence-electron chi connectivity index (χ2n) is 5.03. The molecule has 0 aliphatic rings. The van der Waals surface area contributed by atoms with Crippen LogP contribution in [0.1, 0.15) is 24.5 Å². The predicted molar refractivity (Wildman–Crippen MR) is 84.7 cm³/mol. The molecule has 0 aliphatic heterocycles. The third-order valence-electron chi connectivity index (χ3n) is 3.30. The van der Waals surface area contributed by atoms with Gasteiger partial charge in [-0.3, -0.25) is 0 Å². The molecule has 2 rings (SSSR count). The van der Waals surface area contributed by atoms with Crippen LogP contribution >= 0.6 is 11.6 Å². The second-order valence-corrected chi connectivity index (χ2v) is 5.47. The van der Waals surface area contributed by atoms with Gasteiger partial charge in [0.05, 0.1) is 0 Å². The summed E-state index contributed by atoms with van der Waals surface area (Å²) in [6.07, 6.45) is 1.83. The van der Waals surface area contributed by atoms with Gasteiger partial charge in [-0.15, -0.1) is 0 Å². The molecule has 0 amide bonds. The fourth-order valence-corrected chi connectivity index (χ4v) is 2.17. The Bertz CT molecular complexity index is 583. The molecule has 2 nitrogen and oxygen atoms in total. The smallest absolute Gasteiger partial charge is 0.130 e. The van der Waals surface area contributed by atoms with Crippen LogP contribution in [0.3, 0.4) is 0 Å². The minimum atomic E-state index is 0.191. The van der Waals surface area contributed by atoms with E-state index < -0.39 is 0 Å². The zero-order valence-electron chi connectivity index (χ0n) is 11.9. The lowest BCUT2D eigenvalue weighted by Gasteiger charge is -2.13. The van der Waals surface area contributed by atoms with Crippen LogP contribution in [0.15, 0.2) is 42.5 Å². The molecule has 0 saturated carbocycles. The molecule has 2 N–H and O–H groups in total. The van der Waals surface area contributed by atoms with Gasteiger partial charge in [-0.05, 0) is 55.2 Å². The van der Waals surface area contributed by atoms with Gasteiger partial charge in [-0.1, -0.05) is 36.7 Å². The first-order valence-corrected chi connectivity index (χ1v) is 7.25. The number of ether oxygens (including phenoxy) is 1. The van der Waals surface area contributed by atoms with Gasteiger partial charge in [0.2, 0.25) is 0 Å². The molecule has 106 valence electrons. The van der Waals surface area contributed by atoms with Crippen molar-refractivity contribution in [2.45, 2.75) is 32.7 Å². The van der Waals surface area contributed by atoms with Crippen molar-refractivity contribution in [3.63, 3.8) is 0 Å². The summed E-state index contributed by atoms with van der Waals surface area (Å²) in [4.78, 5) is 0. The zero-order valence-corrected chi connectivity index (χ0v) is 12.7. The fourth-order valence-electron chi connectivity index (χ4n) is 1.99. The quantitative estimate of drug-likeness (QED) is 0.864. The van der Waals surface area contributed by atoms with Crippen LogP contribution in [0.4, 0.5) is 0 Å². The molecular weight excluding hydrogens is 270 g/mol. The van der Waals surface area contributed by atoms with Gasteiger partial charge in [-0.25, -0.2) is 0 Å². The third-order valence-corrected chi connectivity index (χ3v) is 3.53. The normalized spacial score (nSPS) is 12.2. The Hall–Kier alpha value is -1.51. The highest BCUT2D eigenvalue weighted by atomic mass is 35.5. The first-order chi connectivity index (χ1) is 9.58. The van der Waals surface area contributed by atoms with Gasteiger partial charge in [-0.2, -0.15) is 0 Å². The van der Waals surface area contributed by atoms with Crippen molar-refractivity contribution >= 4 is 11.6 Å². The van der Waals surface area contributed by atoms with Crippen molar-refractivity contribution in [2.75, 3.05) is 0 Å². The van der Waals surface area contributed by atoms with Gasteiger partial charge in [0, 0.05) is 11.1 Å². The number of halogens is 1. The molecule has 1 unspecified atom stereocenters. The Morgan fingerprint density at radius 3 is 2.70 bits per heavy atom. The van der Waals surface area contributed by atoms with Crippen LogP contribution in [0, 0.1) is 6.92 Å². The summed E-state index contributed by atoms with van der Waals surface area (Å²) in [6, 6.07) is 13.8. The summed E-state index contributed by atoms with van der Waals surface area (Å²) >= 11 is 5.97. The average Bonchev–Trinajstić information content (AvgIpc) is 2.42. The number of rotatable bonds is 5. The number of benzene rings is 2. The number of hydrogen-bond donors (Lipinski definition) is 1. The predicted octanol–water partition coefficient (Wildman–Crippen LogP) is 4.72. The van der Waals surface area contributed by atoms with Crippen molar-refractivity contribution in [2.24, 2.45) is 5.73 Å². The molecule has 0 aromatic heterocycles. The van der Waals surface area contributed by atoms with Crippen LogP contribution in [0.25, 0.3) is 0 Å². The molecule has 0 bridgehead atoms. The molecule has 0 heterocycles. The Balaban J connectivity index is 2.20. The first-order valence-electron chi connectivity index (χ1n) is 6.87.